The topological polar surface area (TPSA) is 40.6 Å². The van der Waals surface area contributed by atoms with Crippen LogP contribution in [-0.2, 0) is 9.59 Å². The number of hydrogen-bond donors (Lipinski definition) is 0. The maximum Gasteiger partial charge on any atom is 0.643 e. The van der Waals surface area contributed by atoms with E-state index in [1.165, 1.54) is 9.80 Å². The van der Waals surface area contributed by atoms with Crippen molar-refractivity contribution < 1.29 is 9.59 Å². The summed E-state index contributed by atoms with van der Waals surface area (Å²) in [6.07, 6.45) is 0. The van der Waals surface area contributed by atoms with Crippen molar-refractivity contribution in [3.8, 4) is 0 Å². The van der Waals surface area contributed by atoms with Gasteiger partial charge in [-0.3, -0.25) is 19.4 Å². The van der Waals surface area contributed by atoms with Crippen LogP contribution in [0, 0.1) is 53.6 Å². The standard InChI is InChI=1S/C24H28N2O2.Al.3ClH/c1-14-9-16(3)20(17(4)10-14)25-13-26(23(28)24(7,8)22(25)27)21-18(5)11-15(2)12-19(21)6;;;;/h9-12H,1-8H3;;3*1H/q;+3;;;/p-3. The highest BCUT2D eigenvalue weighted by Gasteiger charge is 2.49. The number of halogens is 3. The van der Waals surface area contributed by atoms with Gasteiger partial charge in [-0.1, -0.05) is 35.4 Å². The van der Waals surface area contributed by atoms with Gasteiger partial charge in [0.15, 0.2) is 0 Å². The van der Waals surface area contributed by atoms with E-state index in [1.807, 2.05) is 65.8 Å². The molecule has 0 aliphatic carbocycles. The maximum atomic E-state index is 13.3. The summed E-state index contributed by atoms with van der Waals surface area (Å²) < 4.78 is 0. The van der Waals surface area contributed by atoms with Crippen LogP contribution in [0.2, 0.25) is 0 Å². The van der Waals surface area contributed by atoms with Crippen molar-refractivity contribution in [2.24, 2.45) is 5.41 Å². The van der Waals surface area contributed by atoms with Crippen LogP contribution in [0.15, 0.2) is 24.3 Å². The fraction of sp³-hybridized carbons (Fsp3) is 0.375. The molecule has 2 aromatic rings. The lowest BCUT2D eigenvalue weighted by Crippen LogP contribution is -2.59. The molecule has 1 heterocycles. The number of amides is 2. The SMILES string of the molecule is Cc1cc(C)c(N2[C]N(c3c(C)cc(C)cc3C)C(=O)C(C)(C)C2=O)c(C)c1.[Cl][Al]([Cl])[Cl]. The largest absolute Gasteiger partial charge is 0.643 e. The lowest BCUT2D eigenvalue weighted by molar-refractivity contribution is -0.139. The number of hydrogen-bond acceptors (Lipinski definition) is 2. The van der Waals surface area contributed by atoms with Gasteiger partial charge in [0, 0.05) is 0 Å². The Hall–Kier alpha value is -1.22. The van der Waals surface area contributed by atoms with Crippen molar-refractivity contribution in [1.82, 2.24) is 0 Å². The van der Waals surface area contributed by atoms with Crippen molar-refractivity contribution >= 4 is 64.7 Å². The van der Waals surface area contributed by atoms with Crippen LogP contribution >= 0.6 is 30.1 Å². The Labute approximate surface area is 208 Å². The quantitative estimate of drug-likeness (QED) is 0.337. The first-order chi connectivity index (χ1) is 14.7. The Morgan fingerprint density at radius 1 is 0.688 bits per heavy atom. The summed E-state index contributed by atoms with van der Waals surface area (Å²) in [6.45, 7) is 18.5. The highest BCUT2D eigenvalue weighted by atomic mass is 35.8. The molecule has 0 spiro atoms. The monoisotopic (exact) mass is 508 g/mol. The molecule has 1 fully saturated rings. The van der Waals surface area contributed by atoms with Gasteiger partial charge in [-0.2, -0.15) is 0 Å². The molecule has 4 nitrogen and oxygen atoms in total. The molecule has 1 aliphatic heterocycles. The van der Waals surface area contributed by atoms with E-state index in [4.69, 9.17) is 30.1 Å². The molecule has 170 valence electrons. The summed E-state index contributed by atoms with van der Waals surface area (Å²) in [7, 11) is 14.8. The van der Waals surface area contributed by atoms with Crippen LogP contribution in [0.1, 0.15) is 47.2 Å². The van der Waals surface area contributed by atoms with E-state index < -0.39 is 16.8 Å². The second-order valence-electron chi connectivity index (χ2n) is 8.75. The zero-order valence-corrected chi connectivity index (χ0v) is 23.2. The Morgan fingerprint density at radius 2 is 0.938 bits per heavy atom. The first kappa shape index (κ1) is 27.0. The molecular formula is C24H28AlCl3N2O2. The van der Waals surface area contributed by atoms with E-state index in [9.17, 15) is 9.59 Å². The lowest BCUT2D eigenvalue weighted by Gasteiger charge is -2.43. The molecule has 1 saturated heterocycles. The fourth-order valence-electron chi connectivity index (χ4n) is 4.19. The molecule has 3 rings (SSSR count). The maximum absolute atomic E-state index is 13.3. The molecule has 0 bridgehead atoms. The summed E-state index contributed by atoms with van der Waals surface area (Å²) >= 11 is -1.72. The van der Waals surface area contributed by atoms with Gasteiger partial charge in [0.25, 0.3) is 0 Å². The summed E-state index contributed by atoms with van der Waals surface area (Å²) in [4.78, 5) is 29.6. The second-order valence-corrected chi connectivity index (χ2v) is 15.2. The predicted octanol–water partition coefficient (Wildman–Crippen LogP) is 6.63. The molecule has 2 amide bonds. The van der Waals surface area contributed by atoms with Crippen LogP contribution in [0.4, 0.5) is 11.4 Å². The average Bonchev–Trinajstić information content (AvgIpc) is 2.61. The third-order valence-electron chi connectivity index (χ3n) is 5.39. The number of benzene rings is 2. The van der Waals surface area contributed by atoms with Crippen LogP contribution in [-0.4, -0.2) is 23.2 Å². The zero-order valence-electron chi connectivity index (χ0n) is 19.7. The van der Waals surface area contributed by atoms with Gasteiger partial charge >= 0.3 is 11.4 Å². The van der Waals surface area contributed by atoms with Crippen molar-refractivity contribution in [2.45, 2.75) is 55.4 Å². The molecule has 0 N–H and O–H groups in total. The number of anilines is 2. The first-order valence-electron chi connectivity index (χ1n) is 10.2. The molecule has 0 aromatic heterocycles. The van der Waals surface area contributed by atoms with E-state index >= 15 is 0 Å². The van der Waals surface area contributed by atoms with Crippen LogP contribution in [0.25, 0.3) is 0 Å². The van der Waals surface area contributed by atoms with E-state index in [-0.39, 0.29) is 11.8 Å². The third-order valence-corrected chi connectivity index (χ3v) is 5.39. The van der Waals surface area contributed by atoms with Gasteiger partial charge in [-0.05, 0) is 77.6 Å². The van der Waals surface area contributed by atoms with E-state index in [0.29, 0.717) is 0 Å². The summed E-state index contributed by atoms with van der Waals surface area (Å²) in [5, 5.41) is 0. The summed E-state index contributed by atoms with van der Waals surface area (Å²) in [5.41, 5.74) is 6.63. The smallest absolute Gasteiger partial charge is 0.278 e. The predicted molar refractivity (Wildman–Crippen MR) is 137 cm³/mol. The van der Waals surface area contributed by atoms with Crippen LogP contribution in [0.3, 0.4) is 0 Å². The molecule has 2 radical (unpaired) electrons. The normalized spacial score (nSPS) is 15.5. The van der Waals surface area contributed by atoms with Gasteiger partial charge in [0.1, 0.15) is 5.41 Å². The van der Waals surface area contributed by atoms with Crippen LogP contribution < -0.4 is 9.80 Å². The zero-order chi connectivity index (χ0) is 24.5. The molecule has 2 aromatic carbocycles. The van der Waals surface area contributed by atoms with Crippen molar-refractivity contribution in [3.05, 3.63) is 64.3 Å². The van der Waals surface area contributed by atoms with Gasteiger partial charge < -0.3 is 0 Å². The fourth-order valence-corrected chi connectivity index (χ4v) is 4.19. The van der Waals surface area contributed by atoms with E-state index in [0.717, 1.165) is 44.8 Å². The lowest BCUT2D eigenvalue weighted by atomic mass is 9.86. The molecule has 32 heavy (non-hydrogen) atoms. The minimum absolute atomic E-state index is 0.258. The number of carbonyl (C=O) groups excluding carboxylic acids is 2. The Bertz CT molecular complexity index is 927. The molecule has 1 aliphatic rings. The van der Waals surface area contributed by atoms with E-state index in [1.54, 1.807) is 13.8 Å². The third kappa shape index (κ3) is 5.64. The number of aryl methyl sites for hydroxylation is 6. The van der Waals surface area contributed by atoms with Crippen molar-refractivity contribution in [1.29, 1.82) is 0 Å². The molecule has 0 atom stereocenters. The Balaban J connectivity index is 0.000000837. The molecule has 0 saturated carbocycles. The Kier molecular flexibility index (Phi) is 8.76. The van der Waals surface area contributed by atoms with E-state index in [2.05, 4.69) is 6.67 Å². The van der Waals surface area contributed by atoms with Gasteiger partial charge in [0.2, 0.25) is 18.5 Å². The van der Waals surface area contributed by atoms with Crippen molar-refractivity contribution in [3.63, 3.8) is 0 Å². The minimum Gasteiger partial charge on any atom is -0.278 e. The van der Waals surface area contributed by atoms with Gasteiger partial charge in [-0.25, -0.2) is 30.1 Å². The molecular weight excluding hydrogens is 482 g/mol. The van der Waals surface area contributed by atoms with Crippen LogP contribution in [0.5, 0.6) is 0 Å². The molecule has 0 unspecified atom stereocenters. The number of nitrogens with zero attached hydrogens (tertiary/aromatic N) is 2. The summed E-state index contributed by atoms with van der Waals surface area (Å²) in [5.74, 6) is -0.516. The molecule has 8 heteroatoms. The Morgan fingerprint density at radius 3 is 1.19 bits per heavy atom. The van der Waals surface area contributed by atoms with Gasteiger partial charge in [0.05, 0.1) is 11.4 Å². The summed E-state index contributed by atoms with van der Waals surface area (Å²) in [6, 6.07) is 8.20. The van der Waals surface area contributed by atoms with Crippen molar-refractivity contribution in [2.75, 3.05) is 9.80 Å². The average molecular weight is 510 g/mol. The number of rotatable bonds is 2. The number of carbonyl (C=O) groups is 2. The highest BCUT2D eigenvalue weighted by molar-refractivity contribution is 7.54. The highest BCUT2D eigenvalue weighted by Crippen LogP contribution is 2.40. The second kappa shape index (κ2) is 10.4. The van der Waals surface area contributed by atoms with Gasteiger partial charge in [-0.15, -0.1) is 0 Å². The first-order valence-corrected chi connectivity index (χ1v) is 15.5. The minimum atomic E-state index is -1.72.